The average molecular weight is 264 g/mol. The van der Waals surface area contributed by atoms with Crippen LogP contribution in [-0.2, 0) is 4.79 Å². The highest BCUT2D eigenvalue weighted by Crippen LogP contribution is 2.28. The van der Waals surface area contributed by atoms with E-state index in [0.717, 1.165) is 57.9 Å². The summed E-state index contributed by atoms with van der Waals surface area (Å²) in [6.45, 7) is 8.68. The van der Waals surface area contributed by atoms with Crippen molar-refractivity contribution in [2.75, 3.05) is 32.7 Å². The van der Waals surface area contributed by atoms with Crippen LogP contribution in [0, 0.1) is 5.92 Å². The van der Waals surface area contributed by atoms with E-state index >= 15 is 0 Å². The molecule has 0 aromatic heterocycles. The van der Waals surface area contributed by atoms with Crippen molar-refractivity contribution < 1.29 is 4.79 Å². The summed E-state index contributed by atoms with van der Waals surface area (Å²) in [5.41, 5.74) is 0. The van der Waals surface area contributed by atoms with E-state index in [1.807, 2.05) is 6.08 Å². The fraction of sp³-hybridized carbons (Fsp3) is 0.812. The smallest absolute Gasteiger partial charge is 0.222 e. The third kappa shape index (κ3) is 4.64. The second-order valence-electron chi connectivity index (χ2n) is 6.01. The van der Waals surface area contributed by atoms with E-state index in [2.05, 4.69) is 16.4 Å². The van der Waals surface area contributed by atoms with E-state index in [4.69, 9.17) is 0 Å². The fourth-order valence-corrected chi connectivity index (χ4v) is 3.37. The lowest BCUT2D eigenvalue weighted by molar-refractivity contribution is -0.131. The Hall–Kier alpha value is -0.830. The Bertz CT molecular complexity index is 297. The zero-order chi connectivity index (χ0) is 13.5. The van der Waals surface area contributed by atoms with Crippen molar-refractivity contribution in [2.24, 2.45) is 5.92 Å². The molecule has 0 aromatic carbocycles. The van der Waals surface area contributed by atoms with Gasteiger partial charge in [-0.1, -0.05) is 31.8 Å². The molecule has 1 heterocycles. The summed E-state index contributed by atoms with van der Waals surface area (Å²) in [5.74, 6) is 1.21. The molecule has 0 atom stereocenters. The second-order valence-corrected chi connectivity index (χ2v) is 6.01. The monoisotopic (exact) mass is 264 g/mol. The summed E-state index contributed by atoms with van der Waals surface area (Å²) in [4.78, 5) is 16.7. The molecule has 2 aliphatic rings. The van der Waals surface area contributed by atoms with E-state index in [-0.39, 0.29) is 0 Å². The predicted molar refractivity (Wildman–Crippen MR) is 79.0 cm³/mol. The molecule has 0 spiro atoms. The molecule has 1 saturated carbocycles. The number of amides is 1. The van der Waals surface area contributed by atoms with Gasteiger partial charge in [-0.25, -0.2) is 0 Å². The predicted octanol–water partition coefficient (Wildman–Crippen LogP) is 2.68. The molecule has 0 aromatic rings. The van der Waals surface area contributed by atoms with Crippen molar-refractivity contribution in [1.29, 1.82) is 0 Å². The topological polar surface area (TPSA) is 23.6 Å². The molecule has 0 bridgehead atoms. The lowest BCUT2D eigenvalue weighted by Crippen LogP contribution is -2.35. The van der Waals surface area contributed by atoms with E-state index in [0.29, 0.717) is 5.91 Å². The lowest BCUT2D eigenvalue weighted by Gasteiger charge is -2.22. The van der Waals surface area contributed by atoms with Crippen LogP contribution in [0.25, 0.3) is 0 Å². The molecule has 3 heteroatoms. The van der Waals surface area contributed by atoms with Crippen LogP contribution in [0.2, 0.25) is 0 Å². The summed E-state index contributed by atoms with van der Waals surface area (Å²) >= 11 is 0. The van der Waals surface area contributed by atoms with Gasteiger partial charge in [-0.05, 0) is 18.8 Å². The van der Waals surface area contributed by atoms with Gasteiger partial charge in [0.2, 0.25) is 5.91 Å². The Kier molecular flexibility index (Phi) is 5.90. The first-order valence-corrected chi connectivity index (χ1v) is 7.90. The highest BCUT2D eigenvalue weighted by Gasteiger charge is 2.21. The van der Waals surface area contributed by atoms with E-state index in [9.17, 15) is 4.79 Å². The van der Waals surface area contributed by atoms with Gasteiger partial charge in [0.15, 0.2) is 0 Å². The van der Waals surface area contributed by atoms with Gasteiger partial charge in [-0.3, -0.25) is 9.69 Å². The van der Waals surface area contributed by atoms with Crippen molar-refractivity contribution in [1.82, 2.24) is 9.80 Å². The number of nitrogens with zero attached hydrogens (tertiary/aromatic N) is 2. The van der Waals surface area contributed by atoms with Gasteiger partial charge < -0.3 is 4.90 Å². The Morgan fingerprint density at radius 1 is 1.11 bits per heavy atom. The molecule has 0 radical (unpaired) electrons. The van der Waals surface area contributed by atoms with E-state index < -0.39 is 0 Å². The third-order valence-corrected chi connectivity index (χ3v) is 4.57. The van der Waals surface area contributed by atoms with Crippen molar-refractivity contribution in [3.63, 3.8) is 0 Å². The molecule has 1 aliphatic heterocycles. The molecule has 108 valence electrons. The van der Waals surface area contributed by atoms with E-state index in [1.165, 1.54) is 25.7 Å². The Morgan fingerprint density at radius 2 is 1.89 bits per heavy atom. The maximum atomic E-state index is 12.3. The lowest BCUT2D eigenvalue weighted by atomic mass is 10.0. The minimum absolute atomic E-state index is 0.382. The van der Waals surface area contributed by atoms with Gasteiger partial charge in [-0.15, -0.1) is 6.58 Å². The first-order valence-electron chi connectivity index (χ1n) is 7.90. The molecule has 19 heavy (non-hydrogen) atoms. The molecular weight excluding hydrogens is 236 g/mol. The van der Waals surface area contributed by atoms with Crippen molar-refractivity contribution in [2.45, 2.75) is 44.9 Å². The first kappa shape index (κ1) is 14.6. The molecule has 2 rings (SSSR count). The molecule has 0 N–H and O–H groups in total. The average Bonchev–Trinajstić information content (AvgIpc) is 2.82. The van der Waals surface area contributed by atoms with Crippen molar-refractivity contribution >= 4 is 5.91 Å². The Balaban J connectivity index is 1.71. The van der Waals surface area contributed by atoms with Crippen molar-refractivity contribution in [3.05, 3.63) is 12.7 Å². The van der Waals surface area contributed by atoms with Crippen LogP contribution in [0.1, 0.15) is 44.9 Å². The number of rotatable bonds is 5. The van der Waals surface area contributed by atoms with E-state index in [1.54, 1.807) is 0 Å². The third-order valence-electron chi connectivity index (χ3n) is 4.57. The summed E-state index contributed by atoms with van der Waals surface area (Å²) in [7, 11) is 0. The standard InChI is InChI=1S/C16H28N2O/c1-2-10-17-11-5-12-18(14-13-17)16(19)9-8-15-6-3-4-7-15/h2,15H,1,3-14H2. The summed E-state index contributed by atoms with van der Waals surface area (Å²) < 4.78 is 0. The zero-order valence-corrected chi connectivity index (χ0v) is 12.1. The molecule has 1 amide bonds. The van der Waals surface area contributed by atoms with Crippen LogP contribution in [0.3, 0.4) is 0 Å². The summed E-state index contributed by atoms with van der Waals surface area (Å²) in [6, 6.07) is 0. The van der Waals surface area contributed by atoms with Gasteiger partial charge in [-0.2, -0.15) is 0 Å². The molecule has 3 nitrogen and oxygen atoms in total. The normalized spacial score (nSPS) is 22.4. The molecule has 0 unspecified atom stereocenters. The van der Waals surface area contributed by atoms with Gasteiger partial charge >= 0.3 is 0 Å². The molecule has 2 fully saturated rings. The number of hydrogen-bond acceptors (Lipinski definition) is 2. The summed E-state index contributed by atoms with van der Waals surface area (Å²) in [5, 5.41) is 0. The van der Waals surface area contributed by atoms with Crippen LogP contribution >= 0.6 is 0 Å². The zero-order valence-electron chi connectivity index (χ0n) is 12.1. The maximum Gasteiger partial charge on any atom is 0.222 e. The minimum atomic E-state index is 0.382. The van der Waals surface area contributed by atoms with Crippen LogP contribution in [-0.4, -0.2) is 48.4 Å². The second kappa shape index (κ2) is 7.68. The van der Waals surface area contributed by atoms with Crippen LogP contribution in [0.5, 0.6) is 0 Å². The number of hydrogen-bond donors (Lipinski definition) is 0. The van der Waals surface area contributed by atoms with Crippen LogP contribution in [0.15, 0.2) is 12.7 Å². The molecule has 1 saturated heterocycles. The SMILES string of the molecule is C=CCN1CCCN(C(=O)CCC2CCCC2)CC1. The highest BCUT2D eigenvalue weighted by atomic mass is 16.2. The molecule has 1 aliphatic carbocycles. The largest absolute Gasteiger partial charge is 0.341 e. The minimum Gasteiger partial charge on any atom is -0.341 e. The highest BCUT2D eigenvalue weighted by molar-refractivity contribution is 5.76. The summed E-state index contributed by atoms with van der Waals surface area (Å²) in [6.07, 6.45) is 10.4. The first-order chi connectivity index (χ1) is 9.29. The van der Waals surface area contributed by atoms with Crippen molar-refractivity contribution in [3.8, 4) is 0 Å². The van der Waals surface area contributed by atoms with Gasteiger partial charge in [0.1, 0.15) is 0 Å². The Labute approximate surface area is 117 Å². The molecular formula is C16H28N2O. The van der Waals surface area contributed by atoms with Gasteiger partial charge in [0, 0.05) is 39.1 Å². The number of carbonyl (C=O) groups is 1. The van der Waals surface area contributed by atoms with Crippen LogP contribution < -0.4 is 0 Å². The van der Waals surface area contributed by atoms with Gasteiger partial charge in [0.25, 0.3) is 0 Å². The van der Waals surface area contributed by atoms with Crippen LogP contribution in [0.4, 0.5) is 0 Å². The quantitative estimate of drug-likeness (QED) is 0.713. The maximum absolute atomic E-state index is 12.3. The number of carbonyl (C=O) groups excluding carboxylic acids is 1. The van der Waals surface area contributed by atoms with Gasteiger partial charge in [0.05, 0.1) is 0 Å². The fourth-order valence-electron chi connectivity index (χ4n) is 3.37. The Morgan fingerprint density at radius 3 is 2.63 bits per heavy atom.